The molecule has 0 heterocycles. The molecule has 0 radical (unpaired) electrons. The second-order valence-corrected chi connectivity index (χ2v) is 8.13. The Morgan fingerprint density at radius 3 is 2.43 bits per heavy atom. The van der Waals surface area contributed by atoms with Gasteiger partial charge in [0.25, 0.3) is 10.0 Å². The Morgan fingerprint density at radius 1 is 1.10 bits per heavy atom. The van der Waals surface area contributed by atoms with Crippen LogP contribution in [0.5, 0.6) is 0 Å². The molecular formula is C14H14Br2N2O2S. The highest BCUT2D eigenvalue weighted by Crippen LogP contribution is 2.30. The van der Waals surface area contributed by atoms with E-state index in [-0.39, 0.29) is 4.90 Å². The van der Waals surface area contributed by atoms with Crippen molar-refractivity contribution in [2.45, 2.75) is 18.7 Å². The van der Waals surface area contributed by atoms with E-state index in [4.69, 9.17) is 5.73 Å². The number of anilines is 2. The molecule has 2 rings (SSSR count). The number of rotatable bonds is 3. The van der Waals surface area contributed by atoms with Crippen molar-refractivity contribution in [1.82, 2.24) is 0 Å². The number of aryl methyl sites for hydroxylation is 1. The van der Waals surface area contributed by atoms with Crippen LogP contribution in [0.2, 0.25) is 0 Å². The van der Waals surface area contributed by atoms with Crippen LogP contribution in [0.25, 0.3) is 0 Å². The van der Waals surface area contributed by atoms with Crippen molar-refractivity contribution in [2.24, 2.45) is 0 Å². The maximum Gasteiger partial charge on any atom is 0.262 e. The van der Waals surface area contributed by atoms with Crippen LogP contribution >= 0.6 is 31.9 Å². The molecule has 0 bridgehead atoms. The van der Waals surface area contributed by atoms with E-state index in [1.165, 1.54) is 6.07 Å². The Balaban J connectivity index is 2.51. The van der Waals surface area contributed by atoms with Crippen LogP contribution in [0.1, 0.15) is 11.1 Å². The maximum atomic E-state index is 12.6. The molecular weight excluding hydrogens is 420 g/mol. The van der Waals surface area contributed by atoms with Gasteiger partial charge in [-0.3, -0.25) is 4.72 Å². The molecule has 0 aliphatic heterocycles. The Hall–Kier alpha value is -1.05. The van der Waals surface area contributed by atoms with Gasteiger partial charge >= 0.3 is 0 Å². The van der Waals surface area contributed by atoms with Gasteiger partial charge in [0, 0.05) is 14.6 Å². The van der Waals surface area contributed by atoms with E-state index in [9.17, 15) is 8.42 Å². The lowest BCUT2D eigenvalue weighted by atomic mass is 10.2. The summed E-state index contributed by atoms with van der Waals surface area (Å²) in [4.78, 5) is 0.155. The summed E-state index contributed by atoms with van der Waals surface area (Å²) in [5.41, 5.74) is 8.23. The van der Waals surface area contributed by atoms with Crippen LogP contribution < -0.4 is 10.5 Å². The third kappa shape index (κ3) is 3.59. The largest absolute Gasteiger partial charge is 0.398 e. The van der Waals surface area contributed by atoms with Gasteiger partial charge in [-0.2, -0.15) is 0 Å². The lowest BCUT2D eigenvalue weighted by Crippen LogP contribution is -2.15. The SMILES string of the molecule is Cc1ccc(Br)c(NS(=O)(=O)c2cc(Br)cc(N)c2C)c1. The van der Waals surface area contributed by atoms with E-state index in [2.05, 4.69) is 36.6 Å². The summed E-state index contributed by atoms with van der Waals surface area (Å²) in [6.45, 7) is 3.58. The topological polar surface area (TPSA) is 72.2 Å². The summed E-state index contributed by atoms with van der Waals surface area (Å²) >= 11 is 6.61. The molecule has 0 saturated carbocycles. The van der Waals surface area contributed by atoms with E-state index >= 15 is 0 Å². The first kappa shape index (κ1) is 16.3. The molecule has 0 amide bonds. The Kier molecular flexibility index (Phi) is 4.65. The third-order valence-electron chi connectivity index (χ3n) is 3.02. The second kappa shape index (κ2) is 5.98. The molecule has 7 heteroatoms. The zero-order chi connectivity index (χ0) is 15.8. The van der Waals surface area contributed by atoms with Gasteiger partial charge in [0.05, 0.1) is 10.6 Å². The molecule has 0 aliphatic rings. The molecule has 0 fully saturated rings. The van der Waals surface area contributed by atoms with Crippen molar-refractivity contribution in [3.05, 3.63) is 50.4 Å². The third-order valence-corrected chi connectivity index (χ3v) is 5.66. The highest BCUT2D eigenvalue weighted by Gasteiger charge is 2.20. The van der Waals surface area contributed by atoms with E-state index < -0.39 is 10.0 Å². The number of nitrogen functional groups attached to an aromatic ring is 1. The molecule has 0 unspecified atom stereocenters. The Morgan fingerprint density at radius 2 is 1.76 bits per heavy atom. The first-order chi connectivity index (χ1) is 9.70. The minimum absolute atomic E-state index is 0.155. The number of benzene rings is 2. The minimum atomic E-state index is -3.72. The number of nitrogens with one attached hydrogen (secondary N) is 1. The van der Waals surface area contributed by atoms with Crippen molar-refractivity contribution in [3.8, 4) is 0 Å². The molecule has 0 atom stereocenters. The summed E-state index contributed by atoms with van der Waals surface area (Å²) in [7, 11) is -3.72. The fourth-order valence-electron chi connectivity index (χ4n) is 1.87. The summed E-state index contributed by atoms with van der Waals surface area (Å²) in [6, 6.07) is 8.67. The maximum absolute atomic E-state index is 12.6. The average molecular weight is 434 g/mol. The average Bonchev–Trinajstić information content (AvgIpc) is 2.37. The molecule has 3 N–H and O–H groups in total. The molecule has 0 aromatic heterocycles. The predicted octanol–water partition coefficient (Wildman–Crippen LogP) is 4.21. The zero-order valence-electron chi connectivity index (χ0n) is 11.4. The minimum Gasteiger partial charge on any atom is -0.398 e. The van der Waals surface area contributed by atoms with Gasteiger partial charge in [0.2, 0.25) is 0 Å². The second-order valence-electron chi connectivity index (χ2n) is 4.71. The van der Waals surface area contributed by atoms with Gasteiger partial charge < -0.3 is 5.73 Å². The molecule has 2 aromatic carbocycles. The van der Waals surface area contributed by atoms with Crippen LogP contribution in [0.15, 0.2) is 44.2 Å². The van der Waals surface area contributed by atoms with Crippen LogP contribution in [0.3, 0.4) is 0 Å². The van der Waals surface area contributed by atoms with Crippen molar-refractivity contribution < 1.29 is 8.42 Å². The summed E-state index contributed by atoms with van der Waals surface area (Å²) in [6.07, 6.45) is 0. The van der Waals surface area contributed by atoms with E-state index in [1.807, 2.05) is 13.0 Å². The standard InChI is InChI=1S/C14H14Br2N2O2S/c1-8-3-4-11(16)13(5-8)18-21(19,20)14-7-10(15)6-12(17)9(14)2/h3-7,18H,17H2,1-2H3. The number of halogens is 2. The van der Waals surface area contributed by atoms with Crippen molar-refractivity contribution in [2.75, 3.05) is 10.5 Å². The number of hydrogen-bond acceptors (Lipinski definition) is 3. The molecule has 0 saturated heterocycles. The summed E-state index contributed by atoms with van der Waals surface area (Å²) < 4.78 is 29.0. The molecule has 112 valence electrons. The van der Waals surface area contributed by atoms with Crippen molar-refractivity contribution in [3.63, 3.8) is 0 Å². The van der Waals surface area contributed by atoms with Gasteiger partial charge in [-0.15, -0.1) is 0 Å². The fourth-order valence-corrected chi connectivity index (χ4v) is 4.35. The quantitative estimate of drug-likeness (QED) is 0.712. The van der Waals surface area contributed by atoms with Gasteiger partial charge in [0.15, 0.2) is 0 Å². The number of sulfonamides is 1. The number of hydrogen-bond donors (Lipinski definition) is 2. The molecule has 0 aliphatic carbocycles. The smallest absolute Gasteiger partial charge is 0.262 e. The van der Waals surface area contributed by atoms with E-state index in [0.717, 1.165) is 5.56 Å². The van der Waals surface area contributed by atoms with Crippen molar-refractivity contribution in [1.29, 1.82) is 0 Å². The monoisotopic (exact) mass is 432 g/mol. The zero-order valence-corrected chi connectivity index (χ0v) is 15.4. The Labute approximate surface area is 141 Å². The molecule has 21 heavy (non-hydrogen) atoms. The highest BCUT2D eigenvalue weighted by molar-refractivity contribution is 9.10. The Bertz CT molecular complexity index is 805. The summed E-state index contributed by atoms with van der Waals surface area (Å²) in [5.74, 6) is 0. The van der Waals surface area contributed by atoms with Crippen LogP contribution in [0.4, 0.5) is 11.4 Å². The molecule has 4 nitrogen and oxygen atoms in total. The van der Waals surface area contributed by atoms with Gasteiger partial charge in [-0.1, -0.05) is 22.0 Å². The van der Waals surface area contributed by atoms with Crippen molar-refractivity contribution >= 4 is 53.3 Å². The lowest BCUT2D eigenvalue weighted by Gasteiger charge is -2.14. The van der Waals surface area contributed by atoms with Gasteiger partial charge in [-0.25, -0.2) is 8.42 Å². The molecule has 2 aromatic rings. The normalized spacial score (nSPS) is 11.4. The number of nitrogens with two attached hydrogens (primary N) is 1. The summed E-state index contributed by atoms with van der Waals surface area (Å²) in [5, 5.41) is 0. The highest BCUT2D eigenvalue weighted by atomic mass is 79.9. The van der Waals surface area contributed by atoms with Crippen LogP contribution in [-0.2, 0) is 10.0 Å². The van der Waals surface area contributed by atoms with Crippen LogP contribution in [-0.4, -0.2) is 8.42 Å². The fraction of sp³-hybridized carbons (Fsp3) is 0.143. The predicted molar refractivity (Wildman–Crippen MR) is 93.0 cm³/mol. The lowest BCUT2D eigenvalue weighted by molar-refractivity contribution is 0.600. The van der Waals surface area contributed by atoms with Gasteiger partial charge in [-0.05, 0) is 65.2 Å². The first-order valence-electron chi connectivity index (χ1n) is 6.05. The van der Waals surface area contributed by atoms with E-state index in [0.29, 0.717) is 25.9 Å². The van der Waals surface area contributed by atoms with E-state index in [1.54, 1.807) is 25.1 Å². The van der Waals surface area contributed by atoms with Gasteiger partial charge in [0.1, 0.15) is 0 Å². The first-order valence-corrected chi connectivity index (χ1v) is 9.12. The van der Waals surface area contributed by atoms with Crippen LogP contribution in [0, 0.1) is 13.8 Å². The molecule has 0 spiro atoms.